The Hall–Kier alpha value is -2.83. The van der Waals surface area contributed by atoms with Crippen LogP contribution in [0.2, 0.25) is 5.02 Å². The van der Waals surface area contributed by atoms with Crippen LogP contribution < -0.4 is 10.6 Å². The topological polar surface area (TPSA) is 71.1 Å². The summed E-state index contributed by atoms with van der Waals surface area (Å²) in [6.07, 6.45) is 1.48. The zero-order valence-electron chi connectivity index (χ0n) is 15.1. The van der Waals surface area contributed by atoms with Crippen LogP contribution in [0.3, 0.4) is 0 Å². The standard InChI is InChI=1S/C21H18ClN3O2S/c1-14(26)24-17-8-5-9-18(12-17)28-20(15-6-3-2-4-7-15)21(27)25-19-11-10-16(22)13-23-19/h2-13,20H,1H3,(H,24,26)(H,23,25,27). The number of thioether (sulfide) groups is 1. The number of pyridine rings is 1. The number of carbonyl (C=O) groups excluding carboxylic acids is 2. The molecule has 2 N–H and O–H groups in total. The van der Waals surface area contributed by atoms with Gasteiger partial charge in [-0.3, -0.25) is 9.59 Å². The number of aromatic nitrogens is 1. The van der Waals surface area contributed by atoms with E-state index in [9.17, 15) is 9.59 Å². The number of carbonyl (C=O) groups is 2. The number of anilines is 2. The zero-order chi connectivity index (χ0) is 19.9. The third-order valence-corrected chi connectivity index (χ3v) is 5.20. The van der Waals surface area contributed by atoms with Crippen molar-refractivity contribution < 1.29 is 9.59 Å². The Morgan fingerprint density at radius 3 is 2.46 bits per heavy atom. The van der Waals surface area contributed by atoms with Crippen molar-refractivity contribution in [3.05, 3.63) is 83.5 Å². The lowest BCUT2D eigenvalue weighted by atomic mass is 10.1. The highest BCUT2D eigenvalue weighted by molar-refractivity contribution is 8.00. The average molecular weight is 412 g/mol. The van der Waals surface area contributed by atoms with Crippen LogP contribution in [0.1, 0.15) is 17.7 Å². The van der Waals surface area contributed by atoms with Gasteiger partial charge >= 0.3 is 0 Å². The first-order chi connectivity index (χ1) is 13.5. The number of hydrogen-bond acceptors (Lipinski definition) is 4. The van der Waals surface area contributed by atoms with Gasteiger partial charge < -0.3 is 10.6 Å². The van der Waals surface area contributed by atoms with Crippen LogP contribution in [0.4, 0.5) is 11.5 Å². The van der Waals surface area contributed by atoms with E-state index in [0.717, 1.165) is 10.5 Å². The van der Waals surface area contributed by atoms with E-state index in [1.165, 1.54) is 24.9 Å². The maximum atomic E-state index is 13.0. The third kappa shape index (κ3) is 5.58. The van der Waals surface area contributed by atoms with Gasteiger partial charge in [0.2, 0.25) is 11.8 Å². The fourth-order valence-corrected chi connectivity index (χ4v) is 3.72. The molecule has 1 heterocycles. The SMILES string of the molecule is CC(=O)Nc1cccc(SC(C(=O)Nc2ccc(Cl)cn2)c2ccccc2)c1. The maximum absolute atomic E-state index is 13.0. The number of hydrogen-bond donors (Lipinski definition) is 2. The zero-order valence-corrected chi connectivity index (χ0v) is 16.6. The highest BCUT2D eigenvalue weighted by Crippen LogP contribution is 2.37. The molecule has 0 bridgehead atoms. The molecule has 0 fully saturated rings. The molecule has 0 spiro atoms. The number of nitrogens with zero attached hydrogens (tertiary/aromatic N) is 1. The Bertz CT molecular complexity index is 965. The lowest BCUT2D eigenvalue weighted by molar-refractivity contribution is -0.116. The summed E-state index contributed by atoms with van der Waals surface area (Å²) < 4.78 is 0. The van der Waals surface area contributed by atoms with Gasteiger partial charge in [-0.15, -0.1) is 11.8 Å². The number of halogens is 1. The summed E-state index contributed by atoms with van der Waals surface area (Å²) in [4.78, 5) is 29.3. The van der Waals surface area contributed by atoms with Gasteiger partial charge in [0.05, 0.1) is 5.02 Å². The van der Waals surface area contributed by atoms with E-state index in [0.29, 0.717) is 16.5 Å². The monoisotopic (exact) mass is 411 g/mol. The summed E-state index contributed by atoms with van der Waals surface area (Å²) in [6.45, 7) is 1.46. The van der Waals surface area contributed by atoms with E-state index in [1.54, 1.807) is 18.2 Å². The largest absolute Gasteiger partial charge is 0.326 e. The minimum Gasteiger partial charge on any atom is -0.326 e. The third-order valence-electron chi connectivity index (χ3n) is 3.73. The Balaban J connectivity index is 1.84. The summed E-state index contributed by atoms with van der Waals surface area (Å²) in [5, 5.41) is 5.60. The Morgan fingerprint density at radius 2 is 1.79 bits per heavy atom. The Morgan fingerprint density at radius 1 is 1.00 bits per heavy atom. The summed E-state index contributed by atoms with van der Waals surface area (Å²) in [5.41, 5.74) is 1.55. The number of rotatable bonds is 6. The predicted octanol–water partition coefficient (Wildman–Crippen LogP) is 5.17. The van der Waals surface area contributed by atoms with Crippen molar-refractivity contribution in [3.63, 3.8) is 0 Å². The molecule has 0 radical (unpaired) electrons. The lowest BCUT2D eigenvalue weighted by Crippen LogP contribution is -2.19. The minimum atomic E-state index is -0.494. The molecule has 142 valence electrons. The first-order valence-electron chi connectivity index (χ1n) is 8.53. The van der Waals surface area contributed by atoms with E-state index in [1.807, 2.05) is 48.5 Å². The van der Waals surface area contributed by atoms with Crippen LogP contribution in [0.5, 0.6) is 0 Å². The molecule has 0 saturated carbocycles. The van der Waals surface area contributed by atoms with Crippen LogP contribution in [-0.2, 0) is 9.59 Å². The molecule has 2 amide bonds. The first kappa shape index (κ1) is 19.9. The molecule has 1 atom stereocenters. The number of benzene rings is 2. The molecule has 0 aliphatic carbocycles. The normalized spacial score (nSPS) is 11.5. The second-order valence-electron chi connectivity index (χ2n) is 5.97. The smallest absolute Gasteiger partial charge is 0.243 e. The van der Waals surface area contributed by atoms with Gasteiger partial charge in [-0.25, -0.2) is 4.98 Å². The summed E-state index contributed by atoms with van der Waals surface area (Å²) in [6, 6.07) is 20.2. The maximum Gasteiger partial charge on any atom is 0.243 e. The van der Waals surface area contributed by atoms with Crippen molar-refractivity contribution in [3.8, 4) is 0 Å². The van der Waals surface area contributed by atoms with E-state index in [-0.39, 0.29) is 11.8 Å². The summed E-state index contributed by atoms with van der Waals surface area (Å²) >= 11 is 7.25. The fourth-order valence-electron chi connectivity index (χ4n) is 2.53. The second-order valence-corrected chi connectivity index (χ2v) is 7.58. The molecule has 28 heavy (non-hydrogen) atoms. The van der Waals surface area contributed by atoms with Gasteiger partial charge in [0.15, 0.2) is 0 Å². The van der Waals surface area contributed by atoms with E-state index < -0.39 is 5.25 Å². The van der Waals surface area contributed by atoms with Crippen LogP contribution in [0.25, 0.3) is 0 Å². The molecular formula is C21H18ClN3O2S. The molecule has 0 aliphatic rings. The minimum absolute atomic E-state index is 0.145. The van der Waals surface area contributed by atoms with Crippen molar-refractivity contribution in [2.75, 3.05) is 10.6 Å². The van der Waals surface area contributed by atoms with E-state index in [2.05, 4.69) is 15.6 Å². The van der Waals surface area contributed by atoms with Gasteiger partial charge in [-0.1, -0.05) is 48.0 Å². The average Bonchev–Trinajstić information content (AvgIpc) is 2.68. The molecule has 3 aromatic rings. The van der Waals surface area contributed by atoms with Gasteiger partial charge in [0.1, 0.15) is 11.1 Å². The lowest BCUT2D eigenvalue weighted by Gasteiger charge is -2.17. The second kappa shape index (κ2) is 9.39. The van der Waals surface area contributed by atoms with Gasteiger partial charge in [0.25, 0.3) is 0 Å². The van der Waals surface area contributed by atoms with Crippen LogP contribution in [-0.4, -0.2) is 16.8 Å². The molecule has 2 aromatic carbocycles. The van der Waals surface area contributed by atoms with Gasteiger partial charge in [0, 0.05) is 23.7 Å². The predicted molar refractivity (Wildman–Crippen MR) is 114 cm³/mol. The Labute approximate surface area is 172 Å². The molecule has 0 aliphatic heterocycles. The van der Waals surface area contributed by atoms with Crippen LogP contribution >= 0.6 is 23.4 Å². The fraction of sp³-hybridized carbons (Fsp3) is 0.0952. The number of nitrogens with one attached hydrogen (secondary N) is 2. The van der Waals surface area contributed by atoms with Gasteiger partial charge in [-0.2, -0.15) is 0 Å². The molecule has 1 aromatic heterocycles. The molecule has 3 rings (SSSR count). The van der Waals surface area contributed by atoms with E-state index >= 15 is 0 Å². The molecule has 0 saturated heterocycles. The van der Waals surface area contributed by atoms with E-state index in [4.69, 9.17) is 11.6 Å². The van der Waals surface area contributed by atoms with Crippen LogP contribution in [0, 0.1) is 0 Å². The van der Waals surface area contributed by atoms with Crippen molar-refractivity contribution >= 4 is 46.7 Å². The molecular weight excluding hydrogens is 394 g/mol. The van der Waals surface area contributed by atoms with Gasteiger partial charge in [-0.05, 0) is 35.9 Å². The summed E-state index contributed by atoms with van der Waals surface area (Å²) in [5.74, 6) is 0.0900. The highest BCUT2D eigenvalue weighted by atomic mass is 35.5. The van der Waals surface area contributed by atoms with Crippen molar-refractivity contribution in [2.45, 2.75) is 17.1 Å². The molecule has 1 unspecified atom stereocenters. The first-order valence-corrected chi connectivity index (χ1v) is 9.79. The Kier molecular flexibility index (Phi) is 6.68. The van der Waals surface area contributed by atoms with Crippen molar-refractivity contribution in [2.24, 2.45) is 0 Å². The van der Waals surface area contributed by atoms with Crippen molar-refractivity contribution in [1.82, 2.24) is 4.98 Å². The van der Waals surface area contributed by atoms with Crippen molar-refractivity contribution in [1.29, 1.82) is 0 Å². The summed E-state index contributed by atoms with van der Waals surface area (Å²) in [7, 11) is 0. The highest BCUT2D eigenvalue weighted by Gasteiger charge is 2.22. The molecule has 7 heteroatoms. The quantitative estimate of drug-likeness (QED) is 0.549. The van der Waals surface area contributed by atoms with Crippen LogP contribution in [0.15, 0.2) is 77.8 Å². The number of amides is 2. The molecule has 5 nitrogen and oxygen atoms in total.